The summed E-state index contributed by atoms with van der Waals surface area (Å²) in [5.74, 6) is 0. The number of hydrogen-bond donors (Lipinski definition) is 0. The largest absolute Gasteiger partial charge is 0.0985 e. The van der Waals surface area contributed by atoms with E-state index in [9.17, 15) is 0 Å². The molecule has 1 rings (SSSR count). The molecule has 0 aromatic heterocycles. The van der Waals surface area contributed by atoms with Crippen LogP contribution in [0, 0.1) is 0 Å². The Morgan fingerprint density at radius 2 is 2.27 bits per heavy atom. The molecule has 11 heavy (non-hydrogen) atoms. The van der Waals surface area contributed by atoms with Gasteiger partial charge in [0.05, 0.1) is 0 Å². The molecular weight excluding hydrogens is 156 g/mol. The van der Waals surface area contributed by atoms with Crippen molar-refractivity contribution in [3.05, 3.63) is 40.9 Å². The Hall–Kier alpha value is -0.750. The predicted octanol–water partition coefficient (Wildman–Crippen LogP) is 3.55. The zero-order valence-corrected chi connectivity index (χ0v) is 7.36. The van der Waals surface area contributed by atoms with Crippen molar-refractivity contribution in [2.75, 3.05) is 0 Å². The maximum absolute atomic E-state index is 5.96. The molecule has 0 amide bonds. The molecule has 0 nitrogen and oxygen atoms in total. The molecule has 0 unspecified atom stereocenters. The molecule has 0 aliphatic heterocycles. The molecule has 0 spiro atoms. The summed E-state index contributed by atoms with van der Waals surface area (Å²) >= 11 is 5.96. The molecular formula is C10H11Cl. The fraction of sp³-hybridized carbons (Fsp3) is 0.200. The van der Waals surface area contributed by atoms with Crippen molar-refractivity contribution in [2.24, 2.45) is 0 Å². The van der Waals surface area contributed by atoms with Crippen molar-refractivity contribution < 1.29 is 0 Å². The van der Waals surface area contributed by atoms with Gasteiger partial charge in [0, 0.05) is 5.02 Å². The second-order valence-electron chi connectivity index (χ2n) is 2.41. The van der Waals surface area contributed by atoms with E-state index < -0.39 is 0 Å². The van der Waals surface area contributed by atoms with E-state index in [0.717, 1.165) is 17.0 Å². The molecule has 58 valence electrons. The van der Waals surface area contributed by atoms with Gasteiger partial charge in [-0.3, -0.25) is 0 Å². The van der Waals surface area contributed by atoms with Gasteiger partial charge < -0.3 is 0 Å². The zero-order valence-electron chi connectivity index (χ0n) is 6.60. The molecule has 0 saturated carbocycles. The SMILES string of the molecule is C=Cc1ccc(CC)c(Cl)c1. The third-order valence-corrected chi connectivity index (χ3v) is 2.05. The van der Waals surface area contributed by atoms with Crippen LogP contribution < -0.4 is 0 Å². The fourth-order valence-electron chi connectivity index (χ4n) is 0.977. The summed E-state index contributed by atoms with van der Waals surface area (Å²) in [6, 6.07) is 6.00. The first-order valence-electron chi connectivity index (χ1n) is 3.68. The number of rotatable bonds is 2. The monoisotopic (exact) mass is 166 g/mol. The van der Waals surface area contributed by atoms with E-state index in [2.05, 4.69) is 13.5 Å². The van der Waals surface area contributed by atoms with E-state index >= 15 is 0 Å². The van der Waals surface area contributed by atoms with E-state index in [4.69, 9.17) is 11.6 Å². The summed E-state index contributed by atoms with van der Waals surface area (Å²) in [5, 5.41) is 0.838. The molecule has 1 aromatic carbocycles. The van der Waals surface area contributed by atoms with Crippen molar-refractivity contribution >= 4 is 17.7 Å². The Balaban J connectivity index is 3.09. The maximum Gasteiger partial charge on any atom is 0.0443 e. The lowest BCUT2D eigenvalue weighted by molar-refractivity contribution is 1.14. The van der Waals surface area contributed by atoms with Gasteiger partial charge in [0.2, 0.25) is 0 Å². The highest BCUT2D eigenvalue weighted by atomic mass is 35.5. The lowest BCUT2D eigenvalue weighted by atomic mass is 10.1. The zero-order chi connectivity index (χ0) is 8.27. The van der Waals surface area contributed by atoms with Gasteiger partial charge in [-0.05, 0) is 23.6 Å². The van der Waals surface area contributed by atoms with Crippen molar-refractivity contribution in [1.82, 2.24) is 0 Å². The number of halogens is 1. The third kappa shape index (κ3) is 1.84. The number of benzene rings is 1. The Morgan fingerprint density at radius 1 is 1.55 bits per heavy atom. The lowest BCUT2D eigenvalue weighted by Crippen LogP contribution is -1.82. The molecule has 0 heterocycles. The van der Waals surface area contributed by atoms with Gasteiger partial charge in [-0.1, -0.05) is 43.3 Å². The van der Waals surface area contributed by atoms with Gasteiger partial charge >= 0.3 is 0 Å². The average Bonchev–Trinajstić information content (AvgIpc) is 2.04. The minimum absolute atomic E-state index is 0.838. The summed E-state index contributed by atoms with van der Waals surface area (Å²) in [4.78, 5) is 0. The van der Waals surface area contributed by atoms with E-state index in [0.29, 0.717) is 0 Å². The normalized spacial score (nSPS) is 9.64. The maximum atomic E-state index is 5.96. The summed E-state index contributed by atoms with van der Waals surface area (Å²) in [6.07, 6.45) is 2.78. The first-order chi connectivity index (χ1) is 5.27. The minimum Gasteiger partial charge on any atom is -0.0985 e. The van der Waals surface area contributed by atoms with Crippen LogP contribution in [0.2, 0.25) is 5.02 Å². The van der Waals surface area contributed by atoms with E-state index in [1.54, 1.807) is 6.08 Å². The van der Waals surface area contributed by atoms with Gasteiger partial charge in [-0.15, -0.1) is 0 Å². The molecule has 0 radical (unpaired) electrons. The van der Waals surface area contributed by atoms with Gasteiger partial charge in [0.25, 0.3) is 0 Å². The van der Waals surface area contributed by atoms with Gasteiger partial charge in [0.15, 0.2) is 0 Å². The predicted molar refractivity (Wildman–Crippen MR) is 50.9 cm³/mol. The van der Waals surface area contributed by atoms with E-state index in [1.807, 2.05) is 18.2 Å². The summed E-state index contributed by atoms with van der Waals surface area (Å²) in [7, 11) is 0. The van der Waals surface area contributed by atoms with Gasteiger partial charge in [0.1, 0.15) is 0 Å². The second kappa shape index (κ2) is 3.59. The number of aryl methyl sites for hydroxylation is 1. The molecule has 0 N–H and O–H groups in total. The fourth-order valence-corrected chi connectivity index (χ4v) is 1.30. The van der Waals surface area contributed by atoms with Crippen LogP contribution in [0.1, 0.15) is 18.1 Å². The van der Waals surface area contributed by atoms with Gasteiger partial charge in [-0.25, -0.2) is 0 Å². The molecule has 0 fully saturated rings. The Labute approximate surface area is 72.5 Å². The Morgan fingerprint density at radius 3 is 2.73 bits per heavy atom. The van der Waals surface area contributed by atoms with Crippen LogP contribution in [-0.2, 0) is 6.42 Å². The first-order valence-corrected chi connectivity index (χ1v) is 4.06. The summed E-state index contributed by atoms with van der Waals surface area (Å²) in [6.45, 7) is 5.76. The van der Waals surface area contributed by atoms with Crippen LogP contribution in [-0.4, -0.2) is 0 Å². The Bertz CT molecular complexity index is 264. The van der Waals surface area contributed by atoms with Crippen LogP contribution in [0.4, 0.5) is 0 Å². The summed E-state index contributed by atoms with van der Waals surface area (Å²) in [5.41, 5.74) is 2.27. The molecule has 0 saturated heterocycles. The molecule has 0 atom stereocenters. The summed E-state index contributed by atoms with van der Waals surface area (Å²) < 4.78 is 0. The molecule has 0 aliphatic carbocycles. The second-order valence-corrected chi connectivity index (χ2v) is 2.82. The topological polar surface area (TPSA) is 0 Å². The van der Waals surface area contributed by atoms with Crippen molar-refractivity contribution in [1.29, 1.82) is 0 Å². The first kappa shape index (κ1) is 8.35. The number of hydrogen-bond acceptors (Lipinski definition) is 0. The van der Waals surface area contributed by atoms with Crippen molar-refractivity contribution in [2.45, 2.75) is 13.3 Å². The Kier molecular flexibility index (Phi) is 2.72. The van der Waals surface area contributed by atoms with Crippen LogP contribution in [0.5, 0.6) is 0 Å². The van der Waals surface area contributed by atoms with Crippen molar-refractivity contribution in [3.8, 4) is 0 Å². The molecule has 0 aliphatic rings. The van der Waals surface area contributed by atoms with E-state index in [-0.39, 0.29) is 0 Å². The molecule has 1 heteroatoms. The van der Waals surface area contributed by atoms with Crippen LogP contribution in [0.15, 0.2) is 24.8 Å². The smallest absolute Gasteiger partial charge is 0.0443 e. The lowest BCUT2D eigenvalue weighted by Gasteiger charge is -2.00. The standard InChI is InChI=1S/C10H11Cl/c1-3-8-5-6-9(4-2)10(11)7-8/h3,5-7H,1,4H2,2H3. The van der Waals surface area contributed by atoms with Crippen LogP contribution in [0.3, 0.4) is 0 Å². The highest BCUT2D eigenvalue weighted by Crippen LogP contribution is 2.18. The average molecular weight is 167 g/mol. The minimum atomic E-state index is 0.838. The molecule has 1 aromatic rings. The van der Waals surface area contributed by atoms with Crippen LogP contribution >= 0.6 is 11.6 Å². The van der Waals surface area contributed by atoms with Crippen molar-refractivity contribution in [3.63, 3.8) is 0 Å². The third-order valence-electron chi connectivity index (χ3n) is 1.69. The highest BCUT2D eigenvalue weighted by molar-refractivity contribution is 6.31. The van der Waals surface area contributed by atoms with Crippen LogP contribution in [0.25, 0.3) is 6.08 Å². The highest BCUT2D eigenvalue weighted by Gasteiger charge is 1.96. The van der Waals surface area contributed by atoms with Gasteiger partial charge in [-0.2, -0.15) is 0 Å². The van der Waals surface area contributed by atoms with E-state index in [1.165, 1.54) is 5.56 Å². The quantitative estimate of drug-likeness (QED) is 0.631. The molecule has 0 bridgehead atoms.